The van der Waals surface area contributed by atoms with Crippen molar-refractivity contribution in [3.05, 3.63) is 64.0 Å². The zero-order valence-corrected chi connectivity index (χ0v) is 20.4. The van der Waals surface area contributed by atoms with Gasteiger partial charge in [-0.1, -0.05) is 24.3 Å². The lowest BCUT2D eigenvalue weighted by molar-refractivity contribution is -0.148. The summed E-state index contributed by atoms with van der Waals surface area (Å²) in [7, 11) is 0. The Bertz CT molecular complexity index is 970. The summed E-state index contributed by atoms with van der Waals surface area (Å²) in [5, 5.41) is 3.12. The Balaban J connectivity index is 2.54. The standard InChI is InChI=1S/C26H33NO6/c1-8-31-24(29)21-16(3)27-17(4)22(25(30)32-9-2)23(21)19-12-10-11-18(15-19)13-14-20(28)33-26(5,6)7/h10-15,23,27H,8-9H2,1-7H3. The van der Waals surface area contributed by atoms with Crippen molar-refractivity contribution in [2.24, 2.45) is 0 Å². The molecule has 1 aromatic rings. The summed E-state index contributed by atoms with van der Waals surface area (Å²) >= 11 is 0. The minimum Gasteiger partial charge on any atom is -0.463 e. The van der Waals surface area contributed by atoms with Crippen LogP contribution >= 0.6 is 0 Å². The van der Waals surface area contributed by atoms with E-state index in [1.54, 1.807) is 54.5 Å². The van der Waals surface area contributed by atoms with E-state index in [0.29, 0.717) is 28.1 Å². The summed E-state index contributed by atoms with van der Waals surface area (Å²) in [6.45, 7) is 12.8. The maximum atomic E-state index is 12.9. The van der Waals surface area contributed by atoms with Crippen LogP contribution in [0.4, 0.5) is 0 Å². The van der Waals surface area contributed by atoms with Gasteiger partial charge in [0.15, 0.2) is 0 Å². The van der Waals surface area contributed by atoms with Gasteiger partial charge in [-0.2, -0.15) is 0 Å². The van der Waals surface area contributed by atoms with Crippen molar-refractivity contribution in [1.29, 1.82) is 0 Å². The molecular weight excluding hydrogens is 422 g/mol. The molecule has 0 amide bonds. The second kappa shape index (κ2) is 11.0. The van der Waals surface area contributed by atoms with Gasteiger partial charge in [0.2, 0.25) is 0 Å². The van der Waals surface area contributed by atoms with E-state index < -0.39 is 29.4 Å². The molecule has 33 heavy (non-hydrogen) atoms. The molecule has 0 fully saturated rings. The molecule has 7 nitrogen and oxygen atoms in total. The number of rotatable bonds is 7. The Kier molecular flexibility index (Phi) is 8.63. The summed E-state index contributed by atoms with van der Waals surface area (Å²) in [5.74, 6) is -2.15. The number of carbonyl (C=O) groups is 3. The molecule has 1 aliphatic heterocycles. The number of hydrogen-bond donors (Lipinski definition) is 1. The van der Waals surface area contributed by atoms with Gasteiger partial charge in [0, 0.05) is 17.5 Å². The first kappa shape index (κ1) is 25.9. The second-order valence-corrected chi connectivity index (χ2v) is 8.61. The molecule has 2 rings (SSSR count). The van der Waals surface area contributed by atoms with Crippen LogP contribution in [-0.2, 0) is 28.6 Å². The fraction of sp³-hybridized carbons (Fsp3) is 0.423. The second-order valence-electron chi connectivity index (χ2n) is 8.61. The van der Waals surface area contributed by atoms with E-state index in [9.17, 15) is 14.4 Å². The van der Waals surface area contributed by atoms with Gasteiger partial charge >= 0.3 is 17.9 Å². The maximum Gasteiger partial charge on any atom is 0.336 e. The van der Waals surface area contributed by atoms with Crippen molar-refractivity contribution < 1.29 is 28.6 Å². The molecule has 0 radical (unpaired) electrons. The lowest BCUT2D eigenvalue weighted by atomic mass is 9.80. The number of allylic oxidation sites excluding steroid dienone is 2. The van der Waals surface area contributed by atoms with E-state index in [2.05, 4.69) is 5.32 Å². The minimum absolute atomic E-state index is 0.207. The van der Waals surface area contributed by atoms with Gasteiger partial charge in [0.05, 0.1) is 30.3 Å². The topological polar surface area (TPSA) is 90.9 Å². The highest BCUT2D eigenvalue weighted by Gasteiger charge is 2.37. The highest BCUT2D eigenvalue weighted by molar-refractivity contribution is 6.00. The summed E-state index contributed by atoms with van der Waals surface area (Å²) in [4.78, 5) is 37.9. The first-order valence-corrected chi connectivity index (χ1v) is 11.0. The van der Waals surface area contributed by atoms with Gasteiger partial charge in [-0.05, 0) is 65.7 Å². The van der Waals surface area contributed by atoms with Crippen molar-refractivity contribution in [1.82, 2.24) is 5.32 Å². The number of ether oxygens (including phenoxy) is 3. The lowest BCUT2D eigenvalue weighted by Gasteiger charge is -2.30. The SMILES string of the molecule is CCOC(=O)C1=C(C)NC(C)=C(C(=O)OCC)C1c1cccc(C=CC(=O)OC(C)(C)C)c1. The average Bonchev–Trinajstić information content (AvgIpc) is 2.71. The molecule has 0 spiro atoms. The number of esters is 3. The first-order chi connectivity index (χ1) is 15.5. The Morgan fingerprint density at radius 1 is 0.970 bits per heavy atom. The van der Waals surface area contributed by atoms with Crippen LogP contribution in [0.25, 0.3) is 6.08 Å². The summed E-state index contributed by atoms with van der Waals surface area (Å²) < 4.78 is 15.9. The molecule has 0 aliphatic carbocycles. The molecule has 0 saturated carbocycles. The van der Waals surface area contributed by atoms with Crippen molar-refractivity contribution in [3.8, 4) is 0 Å². The highest BCUT2D eigenvalue weighted by atomic mass is 16.6. The highest BCUT2D eigenvalue weighted by Crippen LogP contribution is 2.39. The van der Waals surface area contributed by atoms with Crippen LogP contribution < -0.4 is 5.32 Å². The Labute approximate surface area is 195 Å². The van der Waals surface area contributed by atoms with Crippen LogP contribution in [0.5, 0.6) is 0 Å². The van der Waals surface area contributed by atoms with Crippen LogP contribution in [0.3, 0.4) is 0 Å². The van der Waals surface area contributed by atoms with E-state index in [4.69, 9.17) is 14.2 Å². The summed E-state index contributed by atoms with van der Waals surface area (Å²) in [6, 6.07) is 7.30. The van der Waals surface area contributed by atoms with Crippen LogP contribution in [-0.4, -0.2) is 36.7 Å². The predicted octanol–water partition coefficient (Wildman–Crippen LogP) is 4.40. The number of benzene rings is 1. The van der Waals surface area contributed by atoms with Gasteiger partial charge in [-0.25, -0.2) is 14.4 Å². The Morgan fingerprint density at radius 3 is 2.00 bits per heavy atom. The van der Waals surface area contributed by atoms with E-state index >= 15 is 0 Å². The van der Waals surface area contributed by atoms with Gasteiger partial charge in [0.1, 0.15) is 5.60 Å². The maximum absolute atomic E-state index is 12.9. The number of carbonyl (C=O) groups excluding carboxylic acids is 3. The smallest absolute Gasteiger partial charge is 0.336 e. The average molecular weight is 456 g/mol. The molecular formula is C26H33NO6. The largest absolute Gasteiger partial charge is 0.463 e. The normalized spacial score (nSPS) is 14.9. The van der Waals surface area contributed by atoms with Gasteiger partial charge in [0.25, 0.3) is 0 Å². The quantitative estimate of drug-likeness (QED) is 0.370. The third-order valence-corrected chi connectivity index (χ3v) is 4.81. The molecule has 1 N–H and O–H groups in total. The molecule has 178 valence electrons. The molecule has 0 unspecified atom stereocenters. The number of dihydropyridines is 1. The van der Waals surface area contributed by atoms with E-state index in [1.807, 2.05) is 24.3 Å². The molecule has 1 heterocycles. The van der Waals surface area contributed by atoms with E-state index in [-0.39, 0.29) is 13.2 Å². The molecule has 7 heteroatoms. The van der Waals surface area contributed by atoms with Crippen molar-refractivity contribution in [3.63, 3.8) is 0 Å². The van der Waals surface area contributed by atoms with Crippen LogP contribution in [0.2, 0.25) is 0 Å². The molecule has 0 aromatic heterocycles. The fourth-order valence-corrected chi connectivity index (χ4v) is 3.63. The third kappa shape index (κ3) is 6.81. The Hall–Kier alpha value is -3.35. The van der Waals surface area contributed by atoms with Gasteiger partial charge in [-0.15, -0.1) is 0 Å². The first-order valence-electron chi connectivity index (χ1n) is 11.0. The summed E-state index contributed by atoms with van der Waals surface area (Å²) in [5.41, 5.74) is 2.74. The molecule has 0 bridgehead atoms. The van der Waals surface area contributed by atoms with Crippen LogP contribution in [0.1, 0.15) is 65.5 Å². The number of hydrogen-bond acceptors (Lipinski definition) is 7. The monoisotopic (exact) mass is 455 g/mol. The summed E-state index contributed by atoms with van der Waals surface area (Å²) in [6.07, 6.45) is 2.99. The van der Waals surface area contributed by atoms with Crippen LogP contribution in [0.15, 0.2) is 52.9 Å². The minimum atomic E-state index is -0.681. The van der Waals surface area contributed by atoms with Gasteiger partial charge < -0.3 is 19.5 Å². The zero-order chi connectivity index (χ0) is 24.8. The molecule has 1 aliphatic rings. The van der Waals surface area contributed by atoms with E-state index in [0.717, 1.165) is 5.56 Å². The lowest BCUT2D eigenvalue weighted by Crippen LogP contribution is -2.32. The van der Waals surface area contributed by atoms with Crippen LogP contribution in [0, 0.1) is 0 Å². The van der Waals surface area contributed by atoms with Crippen molar-refractivity contribution in [2.45, 2.75) is 60.0 Å². The van der Waals surface area contributed by atoms with Crippen molar-refractivity contribution in [2.75, 3.05) is 13.2 Å². The van der Waals surface area contributed by atoms with Gasteiger partial charge in [-0.3, -0.25) is 0 Å². The zero-order valence-electron chi connectivity index (χ0n) is 20.4. The van der Waals surface area contributed by atoms with Crippen molar-refractivity contribution >= 4 is 24.0 Å². The molecule has 1 aromatic carbocycles. The molecule has 0 atom stereocenters. The number of nitrogens with one attached hydrogen (secondary N) is 1. The Morgan fingerprint density at radius 2 is 1.52 bits per heavy atom. The molecule has 0 saturated heterocycles. The fourth-order valence-electron chi connectivity index (χ4n) is 3.63. The predicted molar refractivity (Wildman–Crippen MR) is 126 cm³/mol. The van der Waals surface area contributed by atoms with E-state index in [1.165, 1.54) is 6.08 Å². The third-order valence-electron chi connectivity index (χ3n) is 4.81.